The smallest absolute Gasteiger partial charge is 0.0377 e. The van der Waals surface area contributed by atoms with E-state index in [1.807, 2.05) is 19.3 Å². The van der Waals surface area contributed by atoms with Gasteiger partial charge in [0.2, 0.25) is 0 Å². The Morgan fingerprint density at radius 2 is 2.45 bits per heavy atom. The summed E-state index contributed by atoms with van der Waals surface area (Å²) in [5.41, 5.74) is 7.64. The van der Waals surface area contributed by atoms with Crippen LogP contribution in [0.4, 0.5) is 5.69 Å². The summed E-state index contributed by atoms with van der Waals surface area (Å²) in [5, 5.41) is 3.06. The van der Waals surface area contributed by atoms with Gasteiger partial charge in [-0.1, -0.05) is 0 Å². The monoisotopic (exact) mass is 151 g/mol. The van der Waals surface area contributed by atoms with Crippen LogP contribution in [-0.2, 0) is 6.42 Å². The Labute approximate surface area is 66.6 Å². The molecular formula is C8H13N3. The van der Waals surface area contributed by atoms with Gasteiger partial charge in [-0.25, -0.2) is 0 Å². The molecule has 3 N–H and O–H groups in total. The molecule has 0 amide bonds. The third kappa shape index (κ3) is 2.20. The average Bonchev–Trinajstić information content (AvgIpc) is 2.03. The standard InChI is InChI=1S/C8H13N3/c1-10-4-2-7-6-11-5-3-8(7)9/h3,5-6,10H,2,4H2,1H3,(H2,9,11). The lowest BCUT2D eigenvalue weighted by Crippen LogP contribution is -2.11. The van der Waals surface area contributed by atoms with Crippen molar-refractivity contribution in [3.8, 4) is 0 Å². The van der Waals surface area contributed by atoms with E-state index < -0.39 is 0 Å². The molecule has 0 aliphatic heterocycles. The number of nitrogens with one attached hydrogen (secondary N) is 1. The molecule has 0 aliphatic rings. The van der Waals surface area contributed by atoms with Crippen molar-refractivity contribution in [2.24, 2.45) is 0 Å². The number of likely N-dealkylation sites (N-methyl/N-ethyl adjacent to an activating group) is 1. The fourth-order valence-corrected chi connectivity index (χ4v) is 0.906. The number of hydrogen-bond acceptors (Lipinski definition) is 3. The van der Waals surface area contributed by atoms with Gasteiger partial charge in [0.05, 0.1) is 0 Å². The van der Waals surface area contributed by atoms with Crippen LogP contribution in [0.5, 0.6) is 0 Å². The number of anilines is 1. The SMILES string of the molecule is CNCCc1cnccc1N. The van der Waals surface area contributed by atoms with Crippen LogP contribution in [0.3, 0.4) is 0 Å². The van der Waals surface area contributed by atoms with Crippen LogP contribution >= 0.6 is 0 Å². The van der Waals surface area contributed by atoms with Crippen LogP contribution in [0, 0.1) is 0 Å². The second-order valence-electron chi connectivity index (χ2n) is 2.43. The normalized spacial score (nSPS) is 9.91. The van der Waals surface area contributed by atoms with Gasteiger partial charge in [-0.15, -0.1) is 0 Å². The summed E-state index contributed by atoms with van der Waals surface area (Å²) in [6, 6.07) is 1.82. The average molecular weight is 151 g/mol. The lowest BCUT2D eigenvalue weighted by Gasteiger charge is -2.02. The van der Waals surface area contributed by atoms with Crippen molar-refractivity contribution in [1.82, 2.24) is 10.3 Å². The van der Waals surface area contributed by atoms with Gasteiger partial charge in [0.1, 0.15) is 0 Å². The predicted octanol–water partition coefficient (Wildman–Crippen LogP) is 0.426. The minimum Gasteiger partial charge on any atom is -0.398 e. The Balaban J connectivity index is 2.62. The Bertz CT molecular complexity index is 222. The molecule has 1 rings (SSSR count). The molecule has 0 radical (unpaired) electrons. The van der Waals surface area contributed by atoms with Crippen molar-refractivity contribution in [3.05, 3.63) is 24.0 Å². The molecule has 3 nitrogen and oxygen atoms in total. The van der Waals surface area contributed by atoms with E-state index in [0.29, 0.717) is 0 Å². The van der Waals surface area contributed by atoms with Crippen molar-refractivity contribution < 1.29 is 0 Å². The second-order valence-corrected chi connectivity index (χ2v) is 2.43. The number of nitrogens with two attached hydrogens (primary N) is 1. The largest absolute Gasteiger partial charge is 0.398 e. The number of aromatic nitrogens is 1. The maximum absolute atomic E-state index is 5.69. The number of rotatable bonds is 3. The van der Waals surface area contributed by atoms with E-state index >= 15 is 0 Å². The minimum atomic E-state index is 0.829. The van der Waals surface area contributed by atoms with Gasteiger partial charge >= 0.3 is 0 Å². The molecule has 0 saturated heterocycles. The zero-order chi connectivity index (χ0) is 8.10. The topological polar surface area (TPSA) is 50.9 Å². The molecule has 0 spiro atoms. The number of pyridine rings is 1. The molecule has 0 fully saturated rings. The zero-order valence-electron chi connectivity index (χ0n) is 6.67. The van der Waals surface area contributed by atoms with Crippen molar-refractivity contribution in [1.29, 1.82) is 0 Å². The summed E-state index contributed by atoms with van der Waals surface area (Å²) in [6.07, 6.45) is 4.46. The highest BCUT2D eigenvalue weighted by atomic mass is 14.8. The fourth-order valence-electron chi connectivity index (χ4n) is 0.906. The number of hydrogen-bond donors (Lipinski definition) is 2. The van der Waals surface area contributed by atoms with Crippen LogP contribution < -0.4 is 11.1 Å². The lowest BCUT2D eigenvalue weighted by molar-refractivity contribution is 0.790. The van der Waals surface area contributed by atoms with Crippen LogP contribution in [0.2, 0.25) is 0 Å². The van der Waals surface area contributed by atoms with Gasteiger partial charge in [-0.2, -0.15) is 0 Å². The van der Waals surface area contributed by atoms with E-state index in [4.69, 9.17) is 5.73 Å². The molecule has 1 heterocycles. The fraction of sp³-hybridized carbons (Fsp3) is 0.375. The van der Waals surface area contributed by atoms with Gasteiger partial charge in [0.25, 0.3) is 0 Å². The molecule has 0 aliphatic carbocycles. The molecule has 1 aromatic rings. The van der Waals surface area contributed by atoms with Crippen LogP contribution in [0.1, 0.15) is 5.56 Å². The zero-order valence-corrected chi connectivity index (χ0v) is 6.67. The maximum Gasteiger partial charge on any atom is 0.0377 e. The highest BCUT2D eigenvalue weighted by Gasteiger charge is 1.95. The molecule has 0 saturated carbocycles. The second kappa shape index (κ2) is 3.93. The van der Waals surface area contributed by atoms with Crippen LogP contribution in [0.15, 0.2) is 18.5 Å². The van der Waals surface area contributed by atoms with E-state index in [1.54, 1.807) is 6.20 Å². The first-order valence-corrected chi connectivity index (χ1v) is 3.67. The molecule has 0 atom stereocenters. The Morgan fingerprint density at radius 1 is 1.64 bits per heavy atom. The molecule has 0 bridgehead atoms. The van der Waals surface area contributed by atoms with E-state index in [0.717, 1.165) is 24.2 Å². The van der Waals surface area contributed by atoms with Crippen molar-refractivity contribution in [2.75, 3.05) is 19.3 Å². The molecule has 11 heavy (non-hydrogen) atoms. The first-order valence-electron chi connectivity index (χ1n) is 3.67. The van der Waals surface area contributed by atoms with Crippen molar-refractivity contribution >= 4 is 5.69 Å². The molecule has 0 unspecified atom stereocenters. The molecular weight excluding hydrogens is 138 g/mol. The third-order valence-electron chi connectivity index (χ3n) is 1.59. The Morgan fingerprint density at radius 3 is 3.09 bits per heavy atom. The van der Waals surface area contributed by atoms with Crippen LogP contribution in [0.25, 0.3) is 0 Å². The minimum absolute atomic E-state index is 0.829. The van der Waals surface area contributed by atoms with Crippen molar-refractivity contribution in [3.63, 3.8) is 0 Å². The summed E-state index contributed by atoms with van der Waals surface area (Å²) in [5.74, 6) is 0. The van der Waals surface area contributed by atoms with E-state index in [9.17, 15) is 0 Å². The van der Waals surface area contributed by atoms with E-state index in [2.05, 4.69) is 10.3 Å². The third-order valence-corrected chi connectivity index (χ3v) is 1.59. The maximum atomic E-state index is 5.69. The van der Waals surface area contributed by atoms with Gasteiger partial charge in [0, 0.05) is 18.1 Å². The summed E-state index contributed by atoms with van der Waals surface area (Å²) in [6.45, 7) is 0.940. The van der Waals surface area contributed by atoms with Crippen LogP contribution in [-0.4, -0.2) is 18.6 Å². The lowest BCUT2D eigenvalue weighted by atomic mass is 10.2. The van der Waals surface area contributed by atoms with E-state index in [-0.39, 0.29) is 0 Å². The van der Waals surface area contributed by atoms with Gasteiger partial charge < -0.3 is 11.1 Å². The van der Waals surface area contributed by atoms with Gasteiger partial charge in [-0.05, 0) is 31.6 Å². The molecule has 3 heteroatoms. The highest BCUT2D eigenvalue weighted by Crippen LogP contribution is 2.07. The highest BCUT2D eigenvalue weighted by molar-refractivity contribution is 5.44. The Kier molecular flexibility index (Phi) is 2.86. The first-order chi connectivity index (χ1) is 5.34. The molecule has 60 valence electrons. The number of nitrogens with zero attached hydrogens (tertiary/aromatic N) is 1. The van der Waals surface area contributed by atoms with Gasteiger partial charge in [-0.3, -0.25) is 4.98 Å². The summed E-state index contributed by atoms with van der Waals surface area (Å²) < 4.78 is 0. The summed E-state index contributed by atoms with van der Waals surface area (Å²) in [4.78, 5) is 3.99. The van der Waals surface area contributed by atoms with Gasteiger partial charge in [0.15, 0.2) is 0 Å². The Hall–Kier alpha value is -1.09. The molecule has 0 aromatic carbocycles. The van der Waals surface area contributed by atoms with E-state index in [1.165, 1.54) is 0 Å². The first kappa shape index (κ1) is 8.01. The summed E-state index contributed by atoms with van der Waals surface area (Å²) in [7, 11) is 1.92. The quantitative estimate of drug-likeness (QED) is 0.658. The molecule has 1 aromatic heterocycles. The van der Waals surface area contributed by atoms with Crippen molar-refractivity contribution in [2.45, 2.75) is 6.42 Å². The number of nitrogen functional groups attached to an aromatic ring is 1. The summed E-state index contributed by atoms with van der Waals surface area (Å²) >= 11 is 0. The predicted molar refractivity (Wildman–Crippen MR) is 46.3 cm³/mol.